The van der Waals surface area contributed by atoms with E-state index in [1.807, 2.05) is 25.2 Å². The lowest BCUT2D eigenvalue weighted by Crippen LogP contribution is -2.31. The van der Waals surface area contributed by atoms with Crippen LogP contribution in [0.3, 0.4) is 0 Å². The summed E-state index contributed by atoms with van der Waals surface area (Å²) in [7, 11) is 1.97. The summed E-state index contributed by atoms with van der Waals surface area (Å²) in [5.74, 6) is -0.197. The zero-order valence-corrected chi connectivity index (χ0v) is 12.1. The number of aromatic carboxylic acids is 1. The highest BCUT2D eigenvalue weighted by atomic mass is 16.4. The number of nitrogens with zero attached hydrogens (tertiary/aromatic N) is 2. The maximum atomic E-state index is 11.5. The fourth-order valence-corrected chi connectivity index (χ4v) is 2.54. The minimum atomic E-state index is -0.914. The summed E-state index contributed by atoms with van der Waals surface area (Å²) in [5, 5.41) is 10.1. The molecule has 0 aliphatic carbocycles. The lowest BCUT2D eigenvalue weighted by atomic mass is 10.1. The Kier molecular flexibility index (Phi) is 4.23. The van der Waals surface area contributed by atoms with Gasteiger partial charge in [0.2, 0.25) is 0 Å². The molecular formula is C16H20N2O2. The number of pyridine rings is 1. The third-order valence-corrected chi connectivity index (χ3v) is 3.78. The molecule has 0 bridgehead atoms. The van der Waals surface area contributed by atoms with Crippen LogP contribution in [0.5, 0.6) is 0 Å². The standard InChI is InChI=1S/C16H20N2O2/c1-4-11(5-2)18(3)15-10-13(16(19)20)12-8-6-7-9-14(12)17-15/h6-11H,4-5H2,1-3H3,(H,19,20). The molecule has 0 aliphatic heterocycles. The number of fused-ring (bicyclic) bond motifs is 1. The van der Waals surface area contributed by atoms with E-state index in [9.17, 15) is 9.90 Å². The van der Waals surface area contributed by atoms with Crippen molar-refractivity contribution in [3.05, 3.63) is 35.9 Å². The molecule has 0 aliphatic rings. The van der Waals surface area contributed by atoms with E-state index in [0.717, 1.165) is 24.2 Å². The monoisotopic (exact) mass is 272 g/mol. The maximum absolute atomic E-state index is 11.5. The van der Waals surface area contributed by atoms with Gasteiger partial charge >= 0.3 is 5.97 Å². The highest BCUT2D eigenvalue weighted by Crippen LogP contribution is 2.24. The highest BCUT2D eigenvalue weighted by Gasteiger charge is 2.17. The van der Waals surface area contributed by atoms with Gasteiger partial charge in [-0.1, -0.05) is 32.0 Å². The second-order valence-electron chi connectivity index (χ2n) is 4.93. The fraction of sp³-hybridized carbons (Fsp3) is 0.375. The summed E-state index contributed by atoms with van der Waals surface area (Å²) in [6.45, 7) is 4.26. The molecule has 0 fully saturated rings. The molecule has 0 unspecified atom stereocenters. The van der Waals surface area contributed by atoms with Crippen LogP contribution in [0.4, 0.5) is 5.82 Å². The summed E-state index contributed by atoms with van der Waals surface area (Å²) in [5.41, 5.74) is 1.03. The van der Waals surface area contributed by atoms with Crippen LogP contribution in [-0.2, 0) is 0 Å². The molecule has 1 heterocycles. The molecule has 0 radical (unpaired) electrons. The van der Waals surface area contributed by atoms with Crippen molar-refractivity contribution in [2.24, 2.45) is 0 Å². The van der Waals surface area contributed by atoms with Crippen LogP contribution in [0, 0.1) is 0 Å². The van der Waals surface area contributed by atoms with E-state index in [-0.39, 0.29) is 0 Å². The minimum Gasteiger partial charge on any atom is -0.478 e. The first-order chi connectivity index (χ1) is 9.58. The first-order valence-electron chi connectivity index (χ1n) is 6.94. The molecule has 0 spiro atoms. The highest BCUT2D eigenvalue weighted by molar-refractivity contribution is 6.03. The molecule has 2 rings (SSSR count). The Labute approximate surface area is 119 Å². The lowest BCUT2D eigenvalue weighted by Gasteiger charge is -2.27. The number of hydrogen-bond acceptors (Lipinski definition) is 3. The lowest BCUT2D eigenvalue weighted by molar-refractivity contribution is 0.0699. The van der Waals surface area contributed by atoms with E-state index in [4.69, 9.17) is 0 Å². The number of carboxylic acids is 1. The van der Waals surface area contributed by atoms with Crippen LogP contribution in [0.1, 0.15) is 37.0 Å². The van der Waals surface area contributed by atoms with Crippen molar-refractivity contribution >= 4 is 22.7 Å². The van der Waals surface area contributed by atoms with Crippen LogP contribution in [0.25, 0.3) is 10.9 Å². The second-order valence-corrected chi connectivity index (χ2v) is 4.93. The predicted octanol–water partition coefficient (Wildman–Crippen LogP) is 3.56. The van der Waals surface area contributed by atoms with Gasteiger partial charge in [-0.3, -0.25) is 0 Å². The van der Waals surface area contributed by atoms with Crippen LogP contribution in [0.2, 0.25) is 0 Å². The van der Waals surface area contributed by atoms with Crippen molar-refractivity contribution in [3.8, 4) is 0 Å². The Bertz CT molecular complexity index is 621. The van der Waals surface area contributed by atoms with E-state index in [2.05, 4.69) is 23.7 Å². The maximum Gasteiger partial charge on any atom is 0.336 e. The number of para-hydroxylation sites is 1. The third-order valence-electron chi connectivity index (χ3n) is 3.78. The zero-order chi connectivity index (χ0) is 14.7. The van der Waals surface area contributed by atoms with Crippen molar-refractivity contribution in [1.82, 2.24) is 4.98 Å². The molecule has 1 N–H and O–H groups in total. The number of carboxylic acid groups (broad SMARTS) is 1. The first-order valence-corrected chi connectivity index (χ1v) is 6.94. The van der Waals surface area contributed by atoms with E-state index >= 15 is 0 Å². The van der Waals surface area contributed by atoms with Gasteiger partial charge in [-0.25, -0.2) is 9.78 Å². The molecule has 0 saturated carbocycles. The number of carbonyl (C=O) groups is 1. The normalized spacial score (nSPS) is 11.0. The fourth-order valence-electron chi connectivity index (χ4n) is 2.54. The van der Waals surface area contributed by atoms with Crippen LogP contribution < -0.4 is 4.90 Å². The van der Waals surface area contributed by atoms with Crippen LogP contribution in [-0.4, -0.2) is 29.1 Å². The van der Waals surface area contributed by atoms with Crippen molar-refractivity contribution in [3.63, 3.8) is 0 Å². The molecule has 0 saturated heterocycles. The third kappa shape index (κ3) is 2.59. The molecule has 20 heavy (non-hydrogen) atoms. The number of benzene rings is 1. The second kappa shape index (κ2) is 5.90. The zero-order valence-electron chi connectivity index (χ0n) is 12.1. The van der Waals surface area contributed by atoms with Crippen LogP contribution in [0.15, 0.2) is 30.3 Å². The van der Waals surface area contributed by atoms with Gasteiger partial charge < -0.3 is 10.0 Å². The number of rotatable bonds is 5. The number of aromatic nitrogens is 1. The molecule has 1 aromatic carbocycles. The minimum absolute atomic E-state index is 0.309. The van der Waals surface area contributed by atoms with Crippen molar-refractivity contribution < 1.29 is 9.90 Å². The summed E-state index contributed by atoms with van der Waals surface area (Å²) < 4.78 is 0. The van der Waals surface area contributed by atoms with Gasteiger partial charge in [-0.05, 0) is 25.0 Å². The molecule has 1 aromatic heterocycles. The Morgan fingerprint density at radius 1 is 1.30 bits per heavy atom. The van der Waals surface area contributed by atoms with Crippen molar-refractivity contribution in [1.29, 1.82) is 0 Å². The molecule has 0 atom stereocenters. The van der Waals surface area contributed by atoms with Gasteiger partial charge in [0.25, 0.3) is 0 Å². The largest absolute Gasteiger partial charge is 0.478 e. The van der Waals surface area contributed by atoms with E-state index in [1.54, 1.807) is 12.1 Å². The Hall–Kier alpha value is -2.10. The Morgan fingerprint density at radius 3 is 2.55 bits per heavy atom. The smallest absolute Gasteiger partial charge is 0.336 e. The molecule has 0 amide bonds. The summed E-state index contributed by atoms with van der Waals surface area (Å²) in [4.78, 5) is 18.1. The average Bonchev–Trinajstić information content (AvgIpc) is 2.47. The number of anilines is 1. The van der Waals surface area contributed by atoms with E-state index in [0.29, 0.717) is 17.0 Å². The van der Waals surface area contributed by atoms with Crippen molar-refractivity contribution in [2.45, 2.75) is 32.7 Å². The van der Waals surface area contributed by atoms with Gasteiger partial charge in [0.1, 0.15) is 5.82 Å². The molecule has 4 heteroatoms. The molecule has 106 valence electrons. The summed E-state index contributed by atoms with van der Waals surface area (Å²) >= 11 is 0. The van der Waals surface area contributed by atoms with Gasteiger partial charge in [0, 0.05) is 18.5 Å². The van der Waals surface area contributed by atoms with E-state index in [1.165, 1.54) is 0 Å². The SMILES string of the molecule is CCC(CC)N(C)c1cc(C(=O)O)c2ccccc2n1. The molecule has 2 aromatic rings. The first kappa shape index (κ1) is 14.3. The van der Waals surface area contributed by atoms with Crippen LogP contribution >= 0.6 is 0 Å². The van der Waals surface area contributed by atoms with Gasteiger partial charge in [0.05, 0.1) is 11.1 Å². The summed E-state index contributed by atoms with van der Waals surface area (Å²) in [6, 6.07) is 9.40. The van der Waals surface area contributed by atoms with Gasteiger partial charge in [-0.15, -0.1) is 0 Å². The van der Waals surface area contributed by atoms with Gasteiger partial charge in [0.15, 0.2) is 0 Å². The van der Waals surface area contributed by atoms with E-state index < -0.39 is 5.97 Å². The topological polar surface area (TPSA) is 53.4 Å². The quantitative estimate of drug-likeness (QED) is 0.904. The molecule has 4 nitrogen and oxygen atoms in total. The Morgan fingerprint density at radius 2 is 1.95 bits per heavy atom. The van der Waals surface area contributed by atoms with Crippen molar-refractivity contribution in [2.75, 3.05) is 11.9 Å². The Balaban J connectivity index is 2.58. The number of hydrogen-bond donors (Lipinski definition) is 1. The summed E-state index contributed by atoms with van der Waals surface area (Å²) in [6.07, 6.45) is 2.01. The van der Waals surface area contributed by atoms with Gasteiger partial charge in [-0.2, -0.15) is 0 Å². The molecular weight excluding hydrogens is 252 g/mol. The predicted molar refractivity (Wildman–Crippen MR) is 81.5 cm³/mol. The average molecular weight is 272 g/mol.